The molecular formula is C22H40O2. The van der Waals surface area contributed by atoms with E-state index in [0.717, 1.165) is 18.3 Å². The Hall–Kier alpha value is -0.790. The van der Waals surface area contributed by atoms with Gasteiger partial charge in [0.1, 0.15) is 0 Å². The zero-order chi connectivity index (χ0) is 17.6. The smallest absolute Gasteiger partial charge is 0.333 e. The van der Waals surface area contributed by atoms with Crippen LogP contribution < -0.4 is 0 Å². The molecule has 0 aromatic rings. The Bertz CT molecular complexity index is 340. The van der Waals surface area contributed by atoms with Crippen LogP contribution in [0.5, 0.6) is 0 Å². The highest BCUT2D eigenvalue weighted by Gasteiger charge is 2.20. The van der Waals surface area contributed by atoms with E-state index < -0.39 is 0 Å². The highest BCUT2D eigenvalue weighted by atomic mass is 16.5. The Morgan fingerprint density at radius 2 is 1.38 bits per heavy atom. The highest BCUT2D eigenvalue weighted by Crippen LogP contribution is 2.34. The Balaban J connectivity index is 1.94. The summed E-state index contributed by atoms with van der Waals surface area (Å²) >= 11 is 0. The van der Waals surface area contributed by atoms with Crippen molar-refractivity contribution >= 4 is 5.97 Å². The van der Waals surface area contributed by atoms with Crippen LogP contribution in [-0.4, -0.2) is 12.6 Å². The molecule has 1 fully saturated rings. The molecule has 0 aromatic carbocycles. The molecule has 0 bridgehead atoms. The van der Waals surface area contributed by atoms with Crippen molar-refractivity contribution in [3.63, 3.8) is 0 Å². The second kappa shape index (κ2) is 13.5. The van der Waals surface area contributed by atoms with E-state index in [-0.39, 0.29) is 5.97 Å². The van der Waals surface area contributed by atoms with Gasteiger partial charge in [0.25, 0.3) is 0 Å². The lowest BCUT2D eigenvalue weighted by Gasteiger charge is -2.28. The first-order valence-corrected chi connectivity index (χ1v) is 10.5. The van der Waals surface area contributed by atoms with Gasteiger partial charge < -0.3 is 4.74 Å². The van der Waals surface area contributed by atoms with Crippen molar-refractivity contribution in [1.29, 1.82) is 0 Å². The zero-order valence-corrected chi connectivity index (χ0v) is 16.3. The van der Waals surface area contributed by atoms with Gasteiger partial charge in [0.05, 0.1) is 6.61 Å². The van der Waals surface area contributed by atoms with Crippen LogP contribution in [0.3, 0.4) is 0 Å². The van der Waals surface area contributed by atoms with Crippen LogP contribution in [0.15, 0.2) is 12.2 Å². The number of ether oxygens (including phenoxy) is 1. The fourth-order valence-electron chi connectivity index (χ4n) is 3.85. The second-order valence-corrected chi connectivity index (χ2v) is 7.86. The maximum absolute atomic E-state index is 11.3. The number of unbranched alkanes of at least 4 members (excludes halogenated alkanes) is 6. The quantitative estimate of drug-likeness (QED) is 0.209. The summed E-state index contributed by atoms with van der Waals surface area (Å²) in [5.74, 6) is 1.68. The number of esters is 1. The van der Waals surface area contributed by atoms with Crippen LogP contribution >= 0.6 is 0 Å². The van der Waals surface area contributed by atoms with E-state index in [0.29, 0.717) is 12.2 Å². The minimum Gasteiger partial charge on any atom is -0.462 e. The number of rotatable bonds is 13. The summed E-state index contributed by atoms with van der Waals surface area (Å²) in [5.41, 5.74) is 0.499. The molecule has 2 nitrogen and oxygen atoms in total. The van der Waals surface area contributed by atoms with E-state index in [1.165, 1.54) is 83.5 Å². The number of carbonyl (C=O) groups is 1. The molecular weight excluding hydrogens is 296 g/mol. The lowest BCUT2D eigenvalue weighted by Crippen LogP contribution is -2.15. The summed E-state index contributed by atoms with van der Waals surface area (Å²) in [6.07, 6.45) is 19.3. The Morgan fingerprint density at radius 3 is 1.92 bits per heavy atom. The minimum absolute atomic E-state index is 0.245. The molecule has 0 spiro atoms. The zero-order valence-electron chi connectivity index (χ0n) is 16.3. The maximum Gasteiger partial charge on any atom is 0.333 e. The van der Waals surface area contributed by atoms with E-state index >= 15 is 0 Å². The molecule has 1 aliphatic rings. The number of hydrogen-bond donors (Lipinski definition) is 0. The SMILES string of the molecule is C=C(C)C(=O)OCCCCC1CCC(CCCCCCCC)CC1. The van der Waals surface area contributed by atoms with Gasteiger partial charge in [-0.05, 0) is 31.6 Å². The summed E-state index contributed by atoms with van der Waals surface area (Å²) in [5, 5.41) is 0. The number of hydrogen-bond acceptors (Lipinski definition) is 2. The van der Waals surface area contributed by atoms with E-state index in [9.17, 15) is 4.79 Å². The molecule has 1 rings (SSSR count). The standard InChI is InChI=1S/C22H40O2/c1-4-5-6-7-8-9-12-20-14-16-21(17-15-20)13-10-11-18-24-22(23)19(2)3/h20-21H,2,4-18H2,1,3H3. The molecule has 0 aromatic heterocycles. The van der Waals surface area contributed by atoms with Crippen LogP contribution in [-0.2, 0) is 9.53 Å². The first kappa shape index (κ1) is 21.3. The fraction of sp³-hybridized carbons (Fsp3) is 0.864. The van der Waals surface area contributed by atoms with Crippen molar-refractivity contribution in [2.45, 2.75) is 104 Å². The van der Waals surface area contributed by atoms with Crippen molar-refractivity contribution < 1.29 is 9.53 Å². The molecule has 0 unspecified atom stereocenters. The molecule has 0 aliphatic heterocycles. The maximum atomic E-state index is 11.3. The van der Waals surface area contributed by atoms with Gasteiger partial charge in [0.2, 0.25) is 0 Å². The molecule has 0 amide bonds. The van der Waals surface area contributed by atoms with Gasteiger partial charge in [-0.25, -0.2) is 4.79 Å². The van der Waals surface area contributed by atoms with Gasteiger partial charge in [0.15, 0.2) is 0 Å². The fourth-order valence-corrected chi connectivity index (χ4v) is 3.85. The average molecular weight is 337 g/mol. The molecule has 24 heavy (non-hydrogen) atoms. The average Bonchev–Trinajstić information content (AvgIpc) is 2.58. The Morgan fingerprint density at radius 1 is 0.875 bits per heavy atom. The first-order chi connectivity index (χ1) is 11.6. The third kappa shape index (κ3) is 10.2. The molecule has 0 saturated heterocycles. The van der Waals surface area contributed by atoms with Gasteiger partial charge in [-0.3, -0.25) is 0 Å². The third-order valence-electron chi connectivity index (χ3n) is 5.52. The number of carbonyl (C=O) groups excluding carboxylic acids is 1. The normalized spacial score (nSPS) is 20.8. The van der Waals surface area contributed by atoms with Crippen LogP contribution in [0.4, 0.5) is 0 Å². The van der Waals surface area contributed by atoms with Gasteiger partial charge in [0, 0.05) is 5.57 Å². The largest absolute Gasteiger partial charge is 0.462 e. The van der Waals surface area contributed by atoms with E-state index in [1.807, 2.05) is 0 Å². The van der Waals surface area contributed by atoms with Crippen molar-refractivity contribution in [2.75, 3.05) is 6.61 Å². The second-order valence-electron chi connectivity index (χ2n) is 7.86. The van der Waals surface area contributed by atoms with E-state index in [4.69, 9.17) is 4.74 Å². The minimum atomic E-state index is -0.245. The lowest BCUT2D eigenvalue weighted by atomic mass is 9.78. The topological polar surface area (TPSA) is 26.3 Å². The predicted molar refractivity (Wildman–Crippen MR) is 103 cm³/mol. The molecule has 0 N–H and O–H groups in total. The third-order valence-corrected chi connectivity index (χ3v) is 5.52. The summed E-state index contributed by atoms with van der Waals surface area (Å²) in [7, 11) is 0. The highest BCUT2D eigenvalue weighted by molar-refractivity contribution is 5.86. The van der Waals surface area contributed by atoms with Crippen molar-refractivity contribution in [2.24, 2.45) is 11.8 Å². The van der Waals surface area contributed by atoms with Crippen molar-refractivity contribution in [3.8, 4) is 0 Å². The van der Waals surface area contributed by atoms with Gasteiger partial charge >= 0.3 is 5.97 Å². The lowest BCUT2D eigenvalue weighted by molar-refractivity contribution is -0.139. The van der Waals surface area contributed by atoms with Gasteiger partial charge in [-0.1, -0.05) is 90.6 Å². The van der Waals surface area contributed by atoms with Gasteiger partial charge in [-0.2, -0.15) is 0 Å². The molecule has 0 radical (unpaired) electrons. The van der Waals surface area contributed by atoms with Crippen molar-refractivity contribution in [3.05, 3.63) is 12.2 Å². The Labute approximate surface area is 150 Å². The summed E-state index contributed by atoms with van der Waals surface area (Å²) in [4.78, 5) is 11.3. The van der Waals surface area contributed by atoms with Crippen LogP contribution in [0.25, 0.3) is 0 Å². The molecule has 1 saturated carbocycles. The molecule has 0 atom stereocenters. The predicted octanol–water partition coefficient (Wildman–Crippen LogP) is 6.83. The summed E-state index contributed by atoms with van der Waals surface area (Å²) < 4.78 is 5.15. The van der Waals surface area contributed by atoms with Crippen LogP contribution in [0.1, 0.15) is 104 Å². The summed E-state index contributed by atoms with van der Waals surface area (Å²) in [6, 6.07) is 0. The van der Waals surface area contributed by atoms with E-state index in [2.05, 4.69) is 13.5 Å². The first-order valence-electron chi connectivity index (χ1n) is 10.5. The molecule has 1 aliphatic carbocycles. The van der Waals surface area contributed by atoms with Crippen molar-refractivity contribution in [1.82, 2.24) is 0 Å². The molecule has 2 heteroatoms. The molecule has 0 heterocycles. The Kier molecular flexibility index (Phi) is 12.0. The molecule has 140 valence electrons. The van der Waals surface area contributed by atoms with Gasteiger partial charge in [-0.15, -0.1) is 0 Å². The van der Waals surface area contributed by atoms with Crippen LogP contribution in [0, 0.1) is 11.8 Å². The monoisotopic (exact) mass is 336 g/mol. The van der Waals surface area contributed by atoms with Crippen LogP contribution in [0.2, 0.25) is 0 Å². The summed E-state index contributed by atoms with van der Waals surface area (Å²) in [6.45, 7) is 8.14. The van der Waals surface area contributed by atoms with E-state index in [1.54, 1.807) is 6.92 Å².